The zero-order chi connectivity index (χ0) is 15.4. The van der Waals surface area contributed by atoms with E-state index >= 15 is 0 Å². The van der Waals surface area contributed by atoms with Crippen molar-refractivity contribution in [2.45, 2.75) is 51.5 Å². The summed E-state index contributed by atoms with van der Waals surface area (Å²) in [6.45, 7) is 3.92. The highest BCUT2D eigenvalue weighted by Crippen LogP contribution is 2.27. The Morgan fingerprint density at radius 2 is 1.76 bits per heavy atom. The fourth-order valence-corrected chi connectivity index (χ4v) is 3.76. The number of likely N-dealkylation sites (N-methyl/N-ethyl adjacent to an activating group) is 1. The molecule has 2 fully saturated rings. The van der Waals surface area contributed by atoms with Gasteiger partial charge in [-0.05, 0) is 38.6 Å². The summed E-state index contributed by atoms with van der Waals surface area (Å²) in [6.07, 6.45) is 6.19. The smallest absolute Gasteiger partial charge is 0.306 e. The van der Waals surface area contributed by atoms with E-state index in [1.165, 1.54) is 25.7 Å². The fourth-order valence-electron chi connectivity index (χ4n) is 3.76. The number of nitrogens with zero attached hydrogens (tertiary/aromatic N) is 2. The zero-order valence-corrected chi connectivity index (χ0v) is 13.3. The molecule has 2 atom stereocenters. The van der Waals surface area contributed by atoms with Crippen molar-refractivity contribution in [2.75, 3.05) is 26.7 Å². The Balaban J connectivity index is 1.80. The van der Waals surface area contributed by atoms with Crippen molar-refractivity contribution < 1.29 is 14.7 Å². The summed E-state index contributed by atoms with van der Waals surface area (Å²) in [6, 6.07) is 0.513. The maximum Gasteiger partial charge on any atom is 0.306 e. The largest absolute Gasteiger partial charge is 0.481 e. The molecule has 0 radical (unpaired) electrons. The van der Waals surface area contributed by atoms with Gasteiger partial charge in [0.15, 0.2) is 0 Å². The van der Waals surface area contributed by atoms with Gasteiger partial charge in [-0.3, -0.25) is 14.5 Å². The first kappa shape index (κ1) is 16.3. The zero-order valence-electron chi connectivity index (χ0n) is 13.3. The second-order valence-corrected chi connectivity index (χ2v) is 6.74. The molecule has 1 aliphatic heterocycles. The van der Waals surface area contributed by atoms with Crippen LogP contribution >= 0.6 is 0 Å². The number of hydrogen-bond donors (Lipinski definition) is 1. The molecule has 2 unspecified atom stereocenters. The number of carboxylic acids is 1. The van der Waals surface area contributed by atoms with Crippen LogP contribution in [-0.4, -0.2) is 59.5 Å². The molecule has 2 rings (SSSR count). The average molecular weight is 296 g/mol. The van der Waals surface area contributed by atoms with Gasteiger partial charge in [-0.15, -0.1) is 0 Å². The fraction of sp³-hybridized carbons (Fsp3) is 0.875. The highest BCUT2D eigenvalue weighted by atomic mass is 16.4. The first-order valence-electron chi connectivity index (χ1n) is 8.20. The predicted octanol–water partition coefficient (Wildman–Crippen LogP) is 1.82. The summed E-state index contributed by atoms with van der Waals surface area (Å²) in [5.41, 5.74) is 0. The lowest BCUT2D eigenvalue weighted by molar-refractivity contribution is -0.146. The van der Waals surface area contributed by atoms with E-state index < -0.39 is 5.97 Å². The van der Waals surface area contributed by atoms with Crippen molar-refractivity contribution in [2.24, 2.45) is 11.8 Å². The monoisotopic (exact) mass is 296 g/mol. The van der Waals surface area contributed by atoms with Crippen LogP contribution in [-0.2, 0) is 9.59 Å². The third-order valence-corrected chi connectivity index (χ3v) is 5.21. The molecule has 0 aromatic carbocycles. The summed E-state index contributed by atoms with van der Waals surface area (Å²) in [5.74, 6) is -0.186. The Morgan fingerprint density at radius 1 is 1.14 bits per heavy atom. The lowest BCUT2D eigenvalue weighted by Gasteiger charge is -2.37. The number of hydrogen-bond acceptors (Lipinski definition) is 3. The molecule has 1 saturated heterocycles. The highest BCUT2D eigenvalue weighted by molar-refractivity contribution is 5.79. The van der Waals surface area contributed by atoms with Crippen LogP contribution in [0.5, 0.6) is 0 Å². The lowest BCUT2D eigenvalue weighted by Crippen LogP contribution is -2.48. The average Bonchev–Trinajstić information content (AvgIpc) is 2.47. The van der Waals surface area contributed by atoms with Gasteiger partial charge in [0.2, 0.25) is 5.91 Å². The Labute approximate surface area is 127 Å². The van der Waals surface area contributed by atoms with Crippen LogP contribution in [0.2, 0.25) is 0 Å². The third-order valence-electron chi connectivity index (χ3n) is 5.21. The van der Waals surface area contributed by atoms with Crippen LogP contribution in [0.15, 0.2) is 0 Å². The molecule has 1 heterocycles. The standard InChI is InChI=1S/C16H28N2O3/c1-12-5-3-4-6-14(12)17(2)11-15(19)18-9-7-13(8-10-18)16(20)21/h12-14H,3-11H2,1-2H3,(H,20,21). The van der Waals surface area contributed by atoms with Gasteiger partial charge in [0, 0.05) is 19.1 Å². The van der Waals surface area contributed by atoms with E-state index in [2.05, 4.69) is 11.8 Å². The van der Waals surface area contributed by atoms with Crippen molar-refractivity contribution >= 4 is 11.9 Å². The molecule has 21 heavy (non-hydrogen) atoms. The molecular weight excluding hydrogens is 268 g/mol. The lowest BCUT2D eigenvalue weighted by atomic mass is 9.85. The molecule has 5 nitrogen and oxygen atoms in total. The van der Waals surface area contributed by atoms with Crippen LogP contribution < -0.4 is 0 Å². The van der Waals surface area contributed by atoms with Crippen LogP contribution in [0.4, 0.5) is 0 Å². The second-order valence-electron chi connectivity index (χ2n) is 6.74. The van der Waals surface area contributed by atoms with Crippen LogP contribution in [0, 0.1) is 11.8 Å². The maximum absolute atomic E-state index is 12.4. The van der Waals surface area contributed by atoms with Gasteiger partial charge in [0.1, 0.15) is 0 Å². The van der Waals surface area contributed by atoms with Gasteiger partial charge >= 0.3 is 5.97 Å². The Bertz CT molecular complexity index is 378. The van der Waals surface area contributed by atoms with Gasteiger partial charge in [-0.1, -0.05) is 19.8 Å². The molecule has 1 N–H and O–H groups in total. The summed E-state index contributed by atoms with van der Waals surface area (Å²) in [7, 11) is 2.05. The topological polar surface area (TPSA) is 60.9 Å². The summed E-state index contributed by atoms with van der Waals surface area (Å²) < 4.78 is 0. The molecular formula is C16H28N2O3. The van der Waals surface area contributed by atoms with Crippen LogP contribution in [0.1, 0.15) is 45.4 Å². The van der Waals surface area contributed by atoms with Gasteiger partial charge in [0.25, 0.3) is 0 Å². The quantitative estimate of drug-likeness (QED) is 0.859. The first-order valence-corrected chi connectivity index (χ1v) is 8.20. The number of piperidine rings is 1. The molecule has 0 bridgehead atoms. The van der Waals surface area contributed by atoms with E-state index in [9.17, 15) is 9.59 Å². The number of carbonyl (C=O) groups excluding carboxylic acids is 1. The number of aliphatic carboxylic acids is 1. The minimum absolute atomic E-state index is 0.152. The normalized spacial score (nSPS) is 27.9. The minimum Gasteiger partial charge on any atom is -0.481 e. The maximum atomic E-state index is 12.4. The molecule has 2 aliphatic rings. The molecule has 0 aromatic rings. The molecule has 5 heteroatoms. The minimum atomic E-state index is -0.727. The number of amides is 1. The van der Waals surface area contributed by atoms with Crippen molar-refractivity contribution in [1.29, 1.82) is 0 Å². The van der Waals surface area contributed by atoms with E-state index in [1.54, 1.807) is 0 Å². The third kappa shape index (κ3) is 4.19. The van der Waals surface area contributed by atoms with Gasteiger partial charge in [-0.25, -0.2) is 0 Å². The van der Waals surface area contributed by atoms with Crippen molar-refractivity contribution in [3.63, 3.8) is 0 Å². The van der Waals surface area contributed by atoms with Crippen LogP contribution in [0.25, 0.3) is 0 Å². The van der Waals surface area contributed by atoms with E-state index in [1.807, 2.05) is 11.9 Å². The van der Waals surface area contributed by atoms with E-state index in [-0.39, 0.29) is 11.8 Å². The van der Waals surface area contributed by atoms with Gasteiger partial charge < -0.3 is 10.0 Å². The highest BCUT2D eigenvalue weighted by Gasteiger charge is 2.30. The number of rotatable bonds is 4. The van der Waals surface area contributed by atoms with E-state index in [0.717, 1.165) is 0 Å². The summed E-state index contributed by atoms with van der Waals surface area (Å²) in [4.78, 5) is 27.4. The van der Waals surface area contributed by atoms with E-state index in [4.69, 9.17) is 5.11 Å². The molecule has 0 aromatic heterocycles. The number of carbonyl (C=O) groups is 2. The van der Waals surface area contributed by atoms with Crippen molar-refractivity contribution in [3.05, 3.63) is 0 Å². The molecule has 1 saturated carbocycles. The van der Waals surface area contributed by atoms with E-state index in [0.29, 0.717) is 44.4 Å². The Kier molecular flexibility index (Phi) is 5.62. The SMILES string of the molecule is CC1CCCCC1N(C)CC(=O)N1CCC(C(=O)O)CC1. The molecule has 0 spiro atoms. The molecule has 120 valence electrons. The molecule has 1 amide bonds. The summed E-state index contributed by atoms with van der Waals surface area (Å²) >= 11 is 0. The number of likely N-dealkylation sites (tertiary alicyclic amines) is 1. The second kappa shape index (κ2) is 7.25. The van der Waals surface area contributed by atoms with Gasteiger partial charge in [-0.2, -0.15) is 0 Å². The Hall–Kier alpha value is -1.10. The summed E-state index contributed by atoms with van der Waals surface area (Å²) in [5, 5.41) is 9.00. The number of carboxylic acid groups (broad SMARTS) is 1. The van der Waals surface area contributed by atoms with Crippen LogP contribution in [0.3, 0.4) is 0 Å². The Morgan fingerprint density at radius 3 is 2.33 bits per heavy atom. The van der Waals surface area contributed by atoms with Crippen molar-refractivity contribution in [1.82, 2.24) is 9.80 Å². The molecule has 1 aliphatic carbocycles. The van der Waals surface area contributed by atoms with Gasteiger partial charge in [0.05, 0.1) is 12.5 Å². The predicted molar refractivity (Wildman–Crippen MR) is 81.0 cm³/mol. The van der Waals surface area contributed by atoms with Crippen molar-refractivity contribution in [3.8, 4) is 0 Å². The first-order chi connectivity index (χ1) is 9.99.